The van der Waals surface area contributed by atoms with Gasteiger partial charge in [0.2, 0.25) is 0 Å². The van der Waals surface area contributed by atoms with Crippen molar-refractivity contribution >= 4 is 0 Å². The topological polar surface area (TPSA) is 3.24 Å². The molecule has 0 heterocycles. The van der Waals surface area contributed by atoms with Gasteiger partial charge in [0, 0.05) is 6.54 Å². The van der Waals surface area contributed by atoms with E-state index in [0.29, 0.717) is 5.41 Å². The molecule has 0 aliphatic heterocycles. The summed E-state index contributed by atoms with van der Waals surface area (Å²) in [5.41, 5.74) is 2.93. The number of nitrogens with zero attached hydrogens (tertiary/aromatic N) is 1. The van der Waals surface area contributed by atoms with Gasteiger partial charge in [-0.25, -0.2) is 0 Å². The molecule has 0 aromatic carbocycles. The van der Waals surface area contributed by atoms with E-state index in [9.17, 15) is 0 Å². The lowest BCUT2D eigenvalue weighted by Gasteiger charge is -2.34. The summed E-state index contributed by atoms with van der Waals surface area (Å²) in [6, 6.07) is 0. The van der Waals surface area contributed by atoms with E-state index < -0.39 is 0 Å². The fourth-order valence-corrected chi connectivity index (χ4v) is 5.69. The molecule has 0 radical (unpaired) electrons. The highest BCUT2D eigenvalue weighted by Crippen LogP contribution is 2.87. The first-order valence-corrected chi connectivity index (χ1v) is 7.70. The summed E-state index contributed by atoms with van der Waals surface area (Å²) >= 11 is 0. The molecule has 102 valence electrons. The summed E-state index contributed by atoms with van der Waals surface area (Å²) in [7, 11) is 4.31. The van der Waals surface area contributed by atoms with Gasteiger partial charge in [0.1, 0.15) is 0 Å². The van der Waals surface area contributed by atoms with E-state index in [0.717, 1.165) is 29.7 Å². The summed E-state index contributed by atoms with van der Waals surface area (Å²) in [5, 5.41) is 0. The second-order valence-corrected chi connectivity index (χ2v) is 7.91. The molecule has 2 unspecified atom stereocenters. The molecule has 18 heavy (non-hydrogen) atoms. The van der Waals surface area contributed by atoms with Crippen LogP contribution in [0.2, 0.25) is 0 Å². The summed E-state index contributed by atoms with van der Waals surface area (Å²) < 4.78 is 0. The molecule has 0 N–H and O–H groups in total. The van der Waals surface area contributed by atoms with E-state index >= 15 is 0 Å². The Kier molecular flexibility index (Phi) is 2.72. The first-order valence-electron chi connectivity index (χ1n) is 7.70. The Morgan fingerprint density at radius 1 is 1.22 bits per heavy atom. The third-order valence-corrected chi connectivity index (χ3v) is 6.85. The van der Waals surface area contributed by atoms with E-state index in [4.69, 9.17) is 0 Å². The first kappa shape index (κ1) is 12.7. The average molecular weight is 247 g/mol. The van der Waals surface area contributed by atoms with E-state index in [1.807, 2.05) is 0 Å². The molecule has 0 spiro atoms. The SMILES string of the molecule is C/C(=C/CC[C@]1(C)C2C[C@@H]3[C@H](C2)C31C)CN(C)C. The second-order valence-electron chi connectivity index (χ2n) is 7.91. The van der Waals surface area contributed by atoms with E-state index in [1.165, 1.54) is 18.4 Å². The normalized spacial score (nSPS) is 49.2. The van der Waals surface area contributed by atoms with Gasteiger partial charge >= 0.3 is 0 Å². The highest BCUT2D eigenvalue weighted by atomic mass is 15.0. The van der Waals surface area contributed by atoms with Gasteiger partial charge in [-0.05, 0) is 75.3 Å². The fraction of sp³-hybridized carbons (Fsp3) is 0.882. The monoisotopic (exact) mass is 247 g/mol. The fourth-order valence-electron chi connectivity index (χ4n) is 5.69. The standard InChI is InChI=1S/C17H29N/c1-12(11-18(4)5)7-6-8-16(2)13-9-14-15(10-13)17(14,16)3/h7,13-15H,6,8-11H2,1-5H3/b12-7-/t13?,14-,15+,16-,17?/m1/s1. The number of hydrogen-bond acceptors (Lipinski definition) is 1. The third-order valence-electron chi connectivity index (χ3n) is 6.85. The lowest BCUT2D eigenvalue weighted by Crippen LogP contribution is -2.26. The number of hydrogen-bond donors (Lipinski definition) is 0. The van der Waals surface area contributed by atoms with Crippen LogP contribution in [0.3, 0.4) is 0 Å². The Balaban J connectivity index is 1.59. The highest BCUT2D eigenvalue weighted by molar-refractivity contribution is 5.29. The summed E-state index contributed by atoms with van der Waals surface area (Å²) in [6.07, 6.45) is 8.31. The van der Waals surface area contributed by atoms with Gasteiger partial charge in [-0.2, -0.15) is 0 Å². The van der Waals surface area contributed by atoms with Gasteiger partial charge in [-0.3, -0.25) is 0 Å². The molecule has 4 aliphatic carbocycles. The predicted octanol–water partition coefficient (Wildman–Crippen LogP) is 3.96. The molecular weight excluding hydrogens is 218 g/mol. The molecule has 0 saturated heterocycles. The minimum atomic E-state index is 0.664. The Morgan fingerprint density at radius 3 is 2.28 bits per heavy atom. The van der Waals surface area contributed by atoms with Gasteiger partial charge in [-0.1, -0.05) is 25.5 Å². The van der Waals surface area contributed by atoms with Crippen LogP contribution < -0.4 is 0 Å². The molecule has 4 aliphatic rings. The number of allylic oxidation sites excluding steroid dienone is 1. The third kappa shape index (κ3) is 1.49. The van der Waals surface area contributed by atoms with E-state index in [2.05, 4.69) is 45.8 Å². The van der Waals surface area contributed by atoms with Crippen LogP contribution in [-0.2, 0) is 0 Å². The van der Waals surface area contributed by atoms with Crippen LogP contribution in [-0.4, -0.2) is 25.5 Å². The molecule has 5 atom stereocenters. The minimum Gasteiger partial charge on any atom is -0.305 e. The van der Waals surface area contributed by atoms with Gasteiger partial charge in [0.15, 0.2) is 0 Å². The Hall–Kier alpha value is -0.300. The maximum Gasteiger partial charge on any atom is 0.0183 e. The van der Waals surface area contributed by atoms with Crippen LogP contribution in [0, 0.1) is 28.6 Å². The van der Waals surface area contributed by atoms with E-state index in [1.54, 1.807) is 12.8 Å². The van der Waals surface area contributed by atoms with Crippen molar-refractivity contribution in [3.05, 3.63) is 11.6 Å². The van der Waals surface area contributed by atoms with Crippen LogP contribution in [0.1, 0.15) is 46.5 Å². The first-order chi connectivity index (χ1) is 8.39. The number of rotatable bonds is 5. The van der Waals surface area contributed by atoms with Crippen LogP contribution in [0.15, 0.2) is 11.6 Å². The molecule has 4 fully saturated rings. The van der Waals surface area contributed by atoms with Crippen molar-refractivity contribution in [2.45, 2.75) is 46.5 Å². The molecular formula is C17H29N. The van der Waals surface area contributed by atoms with Crippen LogP contribution in [0.4, 0.5) is 0 Å². The van der Waals surface area contributed by atoms with Crippen LogP contribution in [0.5, 0.6) is 0 Å². The molecule has 4 rings (SSSR count). The van der Waals surface area contributed by atoms with Gasteiger partial charge in [0.25, 0.3) is 0 Å². The summed E-state index contributed by atoms with van der Waals surface area (Å²) in [6.45, 7) is 8.58. The Bertz CT molecular complexity index is 369. The van der Waals surface area contributed by atoms with Gasteiger partial charge in [-0.15, -0.1) is 0 Å². The van der Waals surface area contributed by atoms with Crippen LogP contribution >= 0.6 is 0 Å². The molecule has 4 saturated carbocycles. The lowest BCUT2D eigenvalue weighted by molar-refractivity contribution is 0.155. The van der Waals surface area contributed by atoms with Crippen molar-refractivity contribution in [2.75, 3.05) is 20.6 Å². The van der Waals surface area contributed by atoms with Crippen LogP contribution in [0.25, 0.3) is 0 Å². The van der Waals surface area contributed by atoms with Crippen molar-refractivity contribution < 1.29 is 0 Å². The van der Waals surface area contributed by atoms with Gasteiger partial charge < -0.3 is 4.90 Å². The minimum absolute atomic E-state index is 0.664. The lowest BCUT2D eigenvalue weighted by atomic mass is 9.71. The quantitative estimate of drug-likeness (QED) is 0.665. The largest absolute Gasteiger partial charge is 0.305 e. The number of likely N-dealkylation sites (N-methyl/N-ethyl adjacent to an activating group) is 1. The smallest absolute Gasteiger partial charge is 0.0183 e. The molecule has 0 aromatic rings. The zero-order chi connectivity index (χ0) is 13.1. The zero-order valence-corrected chi connectivity index (χ0v) is 12.8. The molecule has 1 heteroatoms. The van der Waals surface area contributed by atoms with Crippen molar-refractivity contribution in [2.24, 2.45) is 28.6 Å². The van der Waals surface area contributed by atoms with Crippen molar-refractivity contribution in [1.82, 2.24) is 4.90 Å². The van der Waals surface area contributed by atoms with Crippen molar-refractivity contribution in [1.29, 1.82) is 0 Å². The maximum atomic E-state index is 2.60. The summed E-state index contributed by atoms with van der Waals surface area (Å²) in [5.74, 6) is 3.28. The average Bonchev–Trinajstić information content (AvgIpc) is 2.64. The molecule has 4 bridgehead atoms. The van der Waals surface area contributed by atoms with Gasteiger partial charge in [0.05, 0.1) is 0 Å². The van der Waals surface area contributed by atoms with E-state index in [-0.39, 0.29) is 0 Å². The van der Waals surface area contributed by atoms with Crippen molar-refractivity contribution in [3.63, 3.8) is 0 Å². The Labute approximate surface area is 113 Å². The summed E-state index contributed by atoms with van der Waals surface area (Å²) in [4.78, 5) is 2.26. The Morgan fingerprint density at radius 2 is 1.83 bits per heavy atom. The maximum absolute atomic E-state index is 2.60. The predicted molar refractivity (Wildman–Crippen MR) is 77.5 cm³/mol. The zero-order valence-electron chi connectivity index (χ0n) is 12.8. The molecule has 0 amide bonds. The van der Waals surface area contributed by atoms with Crippen molar-refractivity contribution in [3.8, 4) is 0 Å². The second kappa shape index (κ2) is 3.85. The molecule has 0 aromatic heterocycles. The molecule has 1 nitrogen and oxygen atoms in total. The highest BCUT2D eigenvalue weighted by Gasteiger charge is 2.80.